The number of amides is 1. The number of nitrogens with one attached hydrogen (secondary N) is 1. The van der Waals surface area contributed by atoms with Gasteiger partial charge in [0.15, 0.2) is 0 Å². The van der Waals surface area contributed by atoms with E-state index in [0.29, 0.717) is 12.2 Å². The van der Waals surface area contributed by atoms with Crippen LogP contribution in [-0.2, 0) is 6.54 Å². The van der Waals surface area contributed by atoms with E-state index in [1.165, 1.54) is 11.5 Å². The third kappa shape index (κ3) is 2.52. The first-order chi connectivity index (χ1) is 8.10. The van der Waals surface area contributed by atoms with Crippen LogP contribution in [0, 0.1) is 13.8 Å². The smallest absolute Gasteiger partial charge is 0.274 e. The first kappa shape index (κ1) is 11.8. The fourth-order valence-corrected chi connectivity index (χ4v) is 2.22. The first-order valence-electron chi connectivity index (χ1n) is 5.39. The van der Waals surface area contributed by atoms with Crippen LogP contribution >= 0.6 is 11.5 Å². The summed E-state index contributed by atoms with van der Waals surface area (Å²) in [5.41, 5.74) is 2.33. The zero-order chi connectivity index (χ0) is 12.4. The number of aryl methyl sites for hydroxylation is 3. The van der Waals surface area contributed by atoms with Crippen molar-refractivity contribution in [2.24, 2.45) is 0 Å². The van der Waals surface area contributed by atoms with Crippen LogP contribution in [0.5, 0.6) is 0 Å². The second-order valence-corrected chi connectivity index (χ2v) is 4.58. The molecule has 6 heteroatoms. The van der Waals surface area contributed by atoms with Crippen LogP contribution in [0.2, 0.25) is 0 Å². The highest BCUT2D eigenvalue weighted by atomic mass is 32.1. The predicted octanol–water partition coefficient (Wildman–Crippen LogP) is 2.23. The molecule has 17 heavy (non-hydrogen) atoms. The summed E-state index contributed by atoms with van der Waals surface area (Å²) in [6, 6.07) is 3.63. The maximum atomic E-state index is 12.0. The Labute approximate surface area is 104 Å². The molecule has 90 valence electrons. The number of nitrogens with zero attached hydrogens (tertiary/aromatic N) is 3. The third-order valence-electron chi connectivity index (χ3n) is 2.30. The van der Waals surface area contributed by atoms with E-state index in [4.69, 9.17) is 0 Å². The van der Waals surface area contributed by atoms with Crippen LogP contribution in [0.15, 0.2) is 12.1 Å². The highest BCUT2D eigenvalue weighted by Crippen LogP contribution is 2.16. The van der Waals surface area contributed by atoms with Gasteiger partial charge in [0.1, 0.15) is 10.7 Å². The van der Waals surface area contributed by atoms with Gasteiger partial charge in [-0.05, 0) is 44.4 Å². The quantitative estimate of drug-likeness (QED) is 0.908. The standard InChI is InChI=1S/C11H14N4OS/c1-4-15-9(5-7(2)13-15)11(16)12-10-6-8(3)14-17-10/h5-6H,4H2,1-3H3,(H,12,16). The van der Waals surface area contributed by atoms with E-state index < -0.39 is 0 Å². The molecule has 0 atom stereocenters. The largest absolute Gasteiger partial charge is 0.311 e. The van der Waals surface area contributed by atoms with Gasteiger partial charge >= 0.3 is 0 Å². The van der Waals surface area contributed by atoms with Crippen molar-refractivity contribution in [1.29, 1.82) is 0 Å². The van der Waals surface area contributed by atoms with Gasteiger partial charge in [0.25, 0.3) is 5.91 Å². The van der Waals surface area contributed by atoms with Gasteiger partial charge in [-0.1, -0.05) is 0 Å². The number of anilines is 1. The molecule has 0 unspecified atom stereocenters. The van der Waals surface area contributed by atoms with Gasteiger partial charge in [-0.3, -0.25) is 9.48 Å². The van der Waals surface area contributed by atoms with Crippen molar-refractivity contribution in [1.82, 2.24) is 14.2 Å². The van der Waals surface area contributed by atoms with Crippen molar-refractivity contribution in [3.8, 4) is 0 Å². The van der Waals surface area contributed by atoms with Gasteiger partial charge in [-0.25, -0.2) is 0 Å². The van der Waals surface area contributed by atoms with Gasteiger partial charge in [0.2, 0.25) is 0 Å². The third-order valence-corrected chi connectivity index (χ3v) is 3.09. The molecular formula is C11H14N4OS. The van der Waals surface area contributed by atoms with Crippen LogP contribution in [-0.4, -0.2) is 20.1 Å². The predicted molar refractivity (Wildman–Crippen MR) is 67.4 cm³/mol. The molecule has 2 aromatic rings. The van der Waals surface area contributed by atoms with Crippen molar-refractivity contribution in [3.63, 3.8) is 0 Å². The summed E-state index contributed by atoms with van der Waals surface area (Å²) < 4.78 is 5.81. The summed E-state index contributed by atoms with van der Waals surface area (Å²) in [6.07, 6.45) is 0. The fourth-order valence-electron chi connectivity index (χ4n) is 1.57. The van der Waals surface area contributed by atoms with E-state index in [2.05, 4.69) is 14.8 Å². The molecule has 0 radical (unpaired) electrons. The minimum absolute atomic E-state index is 0.142. The van der Waals surface area contributed by atoms with Crippen molar-refractivity contribution in [2.75, 3.05) is 5.32 Å². The summed E-state index contributed by atoms with van der Waals surface area (Å²) in [6.45, 7) is 6.41. The molecule has 0 saturated carbocycles. The summed E-state index contributed by atoms with van der Waals surface area (Å²) in [4.78, 5) is 12.0. The average Bonchev–Trinajstić information content (AvgIpc) is 2.84. The number of carbonyl (C=O) groups is 1. The maximum absolute atomic E-state index is 12.0. The van der Waals surface area contributed by atoms with E-state index in [1.807, 2.05) is 26.8 Å². The Morgan fingerprint density at radius 2 is 2.18 bits per heavy atom. The fraction of sp³-hybridized carbons (Fsp3) is 0.364. The normalized spacial score (nSPS) is 10.5. The highest BCUT2D eigenvalue weighted by Gasteiger charge is 2.14. The van der Waals surface area contributed by atoms with Crippen LogP contribution in [0.3, 0.4) is 0 Å². The first-order valence-corrected chi connectivity index (χ1v) is 6.16. The average molecular weight is 250 g/mol. The van der Waals surface area contributed by atoms with Gasteiger partial charge in [0.05, 0.1) is 11.4 Å². The number of hydrogen-bond donors (Lipinski definition) is 1. The zero-order valence-electron chi connectivity index (χ0n) is 10.0. The molecule has 0 spiro atoms. The lowest BCUT2D eigenvalue weighted by atomic mass is 10.3. The zero-order valence-corrected chi connectivity index (χ0v) is 10.8. The van der Waals surface area contributed by atoms with E-state index in [-0.39, 0.29) is 5.91 Å². The molecule has 1 N–H and O–H groups in total. The second kappa shape index (κ2) is 4.67. The van der Waals surface area contributed by atoms with Gasteiger partial charge < -0.3 is 5.32 Å². The summed E-state index contributed by atoms with van der Waals surface area (Å²) in [5.74, 6) is -0.142. The maximum Gasteiger partial charge on any atom is 0.274 e. The van der Waals surface area contributed by atoms with Gasteiger partial charge in [-0.15, -0.1) is 0 Å². The molecule has 0 aliphatic heterocycles. The SMILES string of the molecule is CCn1nc(C)cc1C(=O)Nc1cc(C)ns1. The monoisotopic (exact) mass is 250 g/mol. The molecule has 2 rings (SSSR count). The Morgan fingerprint density at radius 1 is 1.41 bits per heavy atom. The molecule has 2 heterocycles. The van der Waals surface area contributed by atoms with Crippen molar-refractivity contribution < 1.29 is 4.79 Å². The second-order valence-electron chi connectivity index (χ2n) is 3.77. The molecule has 0 fully saturated rings. The Morgan fingerprint density at radius 3 is 2.76 bits per heavy atom. The number of hydrogen-bond acceptors (Lipinski definition) is 4. The van der Waals surface area contributed by atoms with Crippen LogP contribution in [0.1, 0.15) is 28.8 Å². The molecule has 5 nitrogen and oxygen atoms in total. The summed E-state index contributed by atoms with van der Waals surface area (Å²) in [5, 5.41) is 7.82. The lowest BCUT2D eigenvalue weighted by molar-refractivity contribution is 0.101. The number of aromatic nitrogens is 3. The Kier molecular flexibility index (Phi) is 3.23. The highest BCUT2D eigenvalue weighted by molar-refractivity contribution is 7.10. The Hall–Kier alpha value is -1.69. The minimum atomic E-state index is -0.142. The molecule has 0 saturated heterocycles. The number of rotatable bonds is 3. The molecule has 0 aliphatic rings. The van der Waals surface area contributed by atoms with Crippen LogP contribution in [0.25, 0.3) is 0 Å². The van der Waals surface area contributed by atoms with E-state index >= 15 is 0 Å². The van der Waals surface area contributed by atoms with Crippen LogP contribution < -0.4 is 5.32 Å². The lowest BCUT2D eigenvalue weighted by Gasteiger charge is -2.03. The summed E-state index contributed by atoms with van der Waals surface area (Å²) >= 11 is 1.28. The van der Waals surface area contributed by atoms with E-state index in [9.17, 15) is 4.79 Å². The molecule has 0 bridgehead atoms. The van der Waals surface area contributed by atoms with Gasteiger partial charge in [-0.2, -0.15) is 9.47 Å². The molecular weight excluding hydrogens is 236 g/mol. The Balaban J connectivity index is 2.19. The van der Waals surface area contributed by atoms with Crippen LogP contribution in [0.4, 0.5) is 5.00 Å². The molecule has 0 aliphatic carbocycles. The molecule has 2 aromatic heterocycles. The van der Waals surface area contributed by atoms with Crippen molar-refractivity contribution >= 4 is 22.4 Å². The summed E-state index contributed by atoms with van der Waals surface area (Å²) in [7, 11) is 0. The number of carbonyl (C=O) groups excluding carboxylic acids is 1. The molecule has 0 aromatic carbocycles. The topological polar surface area (TPSA) is 59.8 Å². The minimum Gasteiger partial charge on any atom is -0.311 e. The Bertz CT molecular complexity index is 543. The van der Waals surface area contributed by atoms with Crippen molar-refractivity contribution in [2.45, 2.75) is 27.3 Å². The van der Waals surface area contributed by atoms with Crippen molar-refractivity contribution in [3.05, 3.63) is 29.2 Å². The van der Waals surface area contributed by atoms with E-state index in [0.717, 1.165) is 16.4 Å². The van der Waals surface area contributed by atoms with E-state index in [1.54, 1.807) is 10.7 Å². The molecule has 1 amide bonds. The lowest BCUT2D eigenvalue weighted by Crippen LogP contribution is -2.16. The van der Waals surface area contributed by atoms with Gasteiger partial charge in [0, 0.05) is 6.54 Å².